The Bertz CT molecular complexity index is 1040. The molecule has 0 spiro atoms. The molecule has 3 rings (SSSR count). The smallest absolute Gasteiger partial charge is 0.295 e. The summed E-state index contributed by atoms with van der Waals surface area (Å²) in [7, 11) is 0. The summed E-state index contributed by atoms with van der Waals surface area (Å²) in [6.07, 6.45) is 1.17. The standard InChI is InChI=1S/C20H20N6O2/c1-14-7-5-10-18(19(14)26(27)28)23-12-6-11-17-16(13-21)20(22)25(24-17)15-8-3-2-4-9-15/h2-5,7-10,23H,6,11-12,22H2,1H3. The van der Waals surface area contributed by atoms with Crippen molar-refractivity contribution in [3.8, 4) is 11.8 Å². The Morgan fingerprint density at radius 1 is 1.25 bits per heavy atom. The van der Waals surface area contributed by atoms with Crippen molar-refractivity contribution in [3.63, 3.8) is 0 Å². The normalized spacial score (nSPS) is 10.4. The lowest BCUT2D eigenvalue weighted by Gasteiger charge is -2.08. The van der Waals surface area contributed by atoms with E-state index in [1.165, 1.54) is 0 Å². The molecule has 0 aliphatic carbocycles. The van der Waals surface area contributed by atoms with Crippen molar-refractivity contribution in [1.29, 1.82) is 5.26 Å². The largest absolute Gasteiger partial charge is 0.382 e. The third-order valence-electron chi connectivity index (χ3n) is 4.43. The minimum absolute atomic E-state index is 0.0813. The fourth-order valence-corrected chi connectivity index (χ4v) is 3.06. The molecule has 0 atom stereocenters. The molecule has 0 fully saturated rings. The lowest BCUT2D eigenvalue weighted by molar-refractivity contribution is -0.384. The van der Waals surface area contributed by atoms with Crippen LogP contribution in [-0.2, 0) is 6.42 Å². The van der Waals surface area contributed by atoms with Gasteiger partial charge in [-0.25, -0.2) is 4.68 Å². The van der Waals surface area contributed by atoms with Gasteiger partial charge in [0.15, 0.2) is 0 Å². The van der Waals surface area contributed by atoms with Crippen LogP contribution in [0.15, 0.2) is 48.5 Å². The number of nitrogens with one attached hydrogen (secondary N) is 1. The van der Waals surface area contributed by atoms with Gasteiger partial charge in [0.25, 0.3) is 5.69 Å². The molecular formula is C20H20N6O2. The maximum Gasteiger partial charge on any atom is 0.295 e. The van der Waals surface area contributed by atoms with Crippen molar-refractivity contribution in [1.82, 2.24) is 9.78 Å². The van der Waals surface area contributed by atoms with Crippen molar-refractivity contribution in [2.45, 2.75) is 19.8 Å². The summed E-state index contributed by atoms with van der Waals surface area (Å²) in [5, 5.41) is 28.3. The van der Waals surface area contributed by atoms with Crippen LogP contribution >= 0.6 is 0 Å². The maximum absolute atomic E-state index is 11.3. The number of nitriles is 1. The highest BCUT2D eigenvalue weighted by Gasteiger charge is 2.18. The number of para-hydroxylation sites is 2. The Kier molecular flexibility index (Phi) is 5.56. The Hall–Kier alpha value is -3.86. The summed E-state index contributed by atoms with van der Waals surface area (Å²) in [4.78, 5) is 10.9. The average molecular weight is 376 g/mol. The summed E-state index contributed by atoms with van der Waals surface area (Å²) >= 11 is 0. The lowest BCUT2D eigenvalue weighted by Crippen LogP contribution is -2.07. The van der Waals surface area contributed by atoms with E-state index < -0.39 is 0 Å². The Morgan fingerprint density at radius 2 is 2.00 bits per heavy atom. The number of nitrogens with two attached hydrogens (primary N) is 1. The van der Waals surface area contributed by atoms with E-state index in [0.717, 1.165) is 5.69 Å². The molecule has 0 aliphatic rings. The highest BCUT2D eigenvalue weighted by atomic mass is 16.6. The first kappa shape index (κ1) is 18.9. The van der Waals surface area contributed by atoms with Gasteiger partial charge in [-0.1, -0.05) is 30.3 Å². The van der Waals surface area contributed by atoms with E-state index >= 15 is 0 Å². The van der Waals surface area contributed by atoms with Gasteiger partial charge < -0.3 is 11.1 Å². The second kappa shape index (κ2) is 8.22. The minimum Gasteiger partial charge on any atom is -0.382 e. The monoisotopic (exact) mass is 376 g/mol. The number of hydrogen-bond donors (Lipinski definition) is 2. The van der Waals surface area contributed by atoms with Crippen molar-refractivity contribution in [2.75, 3.05) is 17.6 Å². The SMILES string of the molecule is Cc1cccc(NCCCc2nn(-c3ccccc3)c(N)c2C#N)c1[N+](=O)[O-]. The van der Waals surface area contributed by atoms with E-state index in [1.807, 2.05) is 30.3 Å². The Morgan fingerprint density at radius 3 is 2.68 bits per heavy atom. The topological polar surface area (TPSA) is 123 Å². The van der Waals surface area contributed by atoms with Crippen LogP contribution in [0, 0.1) is 28.4 Å². The van der Waals surface area contributed by atoms with E-state index in [4.69, 9.17) is 5.73 Å². The van der Waals surface area contributed by atoms with Crippen LogP contribution in [0.3, 0.4) is 0 Å². The second-order valence-corrected chi connectivity index (χ2v) is 6.32. The van der Waals surface area contributed by atoms with Crippen molar-refractivity contribution in [3.05, 3.63) is 75.5 Å². The Labute approximate surface area is 162 Å². The number of aromatic nitrogens is 2. The van der Waals surface area contributed by atoms with Crippen LogP contribution in [0.1, 0.15) is 23.2 Å². The first-order valence-electron chi connectivity index (χ1n) is 8.83. The maximum atomic E-state index is 11.3. The van der Waals surface area contributed by atoms with Crippen molar-refractivity contribution >= 4 is 17.2 Å². The van der Waals surface area contributed by atoms with E-state index in [-0.39, 0.29) is 10.6 Å². The number of hydrogen-bond acceptors (Lipinski definition) is 6. The number of nitrogen functional groups attached to an aromatic ring is 1. The lowest BCUT2D eigenvalue weighted by atomic mass is 10.1. The molecule has 0 amide bonds. The molecule has 0 bridgehead atoms. The van der Waals surface area contributed by atoms with Crippen LogP contribution in [-0.4, -0.2) is 21.2 Å². The van der Waals surface area contributed by atoms with Crippen molar-refractivity contribution < 1.29 is 4.92 Å². The van der Waals surface area contributed by atoms with E-state index in [2.05, 4.69) is 16.5 Å². The molecule has 28 heavy (non-hydrogen) atoms. The molecule has 1 heterocycles. The Balaban J connectivity index is 1.70. The zero-order valence-electron chi connectivity index (χ0n) is 15.4. The third-order valence-corrected chi connectivity index (χ3v) is 4.43. The summed E-state index contributed by atoms with van der Waals surface area (Å²) in [5.74, 6) is 0.311. The van der Waals surface area contributed by atoms with Gasteiger partial charge in [0.05, 0.1) is 16.3 Å². The van der Waals surface area contributed by atoms with Gasteiger partial charge in [-0.05, 0) is 38.0 Å². The molecule has 3 N–H and O–H groups in total. The number of nitro groups is 1. The van der Waals surface area contributed by atoms with Crippen LogP contribution in [0.25, 0.3) is 5.69 Å². The molecule has 8 nitrogen and oxygen atoms in total. The molecule has 3 aromatic rings. The van der Waals surface area contributed by atoms with E-state index in [1.54, 1.807) is 29.8 Å². The first-order chi connectivity index (χ1) is 13.5. The van der Waals surface area contributed by atoms with Crippen LogP contribution in [0.2, 0.25) is 0 Å². The molecule has 0 radical (unpaired) electrons. The fourth-order valence-electron chi connectivity index (χ4n) is 3.06. The van der Waals surface area contributed by atoms with Gasteiger partial charge in [0.1, 0.15) is 23.1 Å². The molecule has 8 heteroatoms. The van der Waals surface area contributed by atoms with E-state index in [9.17, 15) is 15.4 Å². The highest BCUT2D eigenvalue weighted by molar-refractivity contribution is 5.65. The van der Waals surface area contributed by atoms with Gasteiger partial charge in [0.2, 0.25) is 0 Å². The zero-order valence-corrected chi connectivity index (χ0v) is 15.4. The van der Waals surface area contributed by atoms with Gasteiger partial charge in [0, 0.05) is 12.1 Å². The van der Waals surface area contributed by atoms with Gasteiger partial charge in [-0.2, -0.15) is 10.4 Å². The number of nitro benzene ring substituents is 1. The van der Waals surface area contributed by atoms with Crippen LogP contribution < -0.4 is 11.1 Å². The molecule has 2 aromatic carbocycles. The molecule has 0 saturated heterocycles. The number of benzene rings is 2. The molecule has 0 unspecified atom stereocenters. The molecule has 0 saturated carbocycles. The minimum atomic E-state index is -0.381. The second-order valence-electron chi connectivity index (χ2n) is 6.32. The summed E-state index contributed by atoms with van der Waals surface area (Å²) in [5.41, 5.74) is 9.04. The fraction of sp³-hybridized carbons (Fsp3) is 0.200. The third kappa shape index (κ3) is 3.78. The number of aryl methyl sites for hydroxylation is 2. The number of nitrogens with zero attached hydrogens (tertiary/aromatic N) is 4. The number of rotatable bonds is 7. The van der Waals surface area contributed by atoms with E-state index in [0.29, 0.717) is 47.7 Å². The van der Waals surface area contributed by atoms with Gasteiger partial charge in [-0.3, -0.25) is 10.1 Å². The molecule has 0 aliphatic heterocycles. The summed E-state index contributed by atoms with van der Waals surface area (Å²) in [6.45, 7) is 2.22. The molecule has 142 valence electrons. The van der Waals surface area contributed by atoms with Gasteiger partial charge in [-0.15, -0.1) is 0 Å². The van der Waals surface area contributed by atoms with Crippen LogP contribution in [0.4, 0.5) is 17.2 Å². The summed E-state index contributed by atoms with van der Waals surface area (Å²) in [6, 6.07) is 16.7. The molecule has 1 aromatic heterocycles. The van der Waals surface area contributed by atoms with Crippen LogP contribution in [0.5, 0.6) is 0 Å². The quantitative estimate of drug-likeness (QED) is 0.369. The van der Waals surface area contributed by atoms with Gasteiger partial charge >= 0.3 is 0 Å². The highest BCUT2D eigenvalue weighted by Crippen LogP contribution is 2.28. The summed E-state index contributed by atoms with van der Waals surface area (Å²) < 4.78 is 1.56. The van der Waals surface area contributed by atoms with Crippen molar-refractivity contribution in [2.24, 2.45) is 0 Å². The predicted octanol–water partition coefficient (Wildman–Crippen LogP) is 3.59. The first-order valence-corrected chi connectivity index (χ1v) is 8.83. The average Bonchev–Trinajstić information content (AvgIpc) is 3.01. The number of anilines is 2. The zero-order chi connectivity index (χ0) is 20.1. The predicted molar refractivity (Wildman–Crippen MR) is 107 cm³/mol. The molecular weight excluding hydrogens is 356 g/mol.